The van der Waals surface area contributed by atoms with Crippen molar-refractivity contribution >= 4 is 17.9 Å². The van der Waals surface area contributed by atoms with E-state index < -0.39 is 17.9 Å². The molecule has 4 N–H and O–H groups in total. The number of hydrogen-bond donors (Lipinski definition) is 4. The summed E-state index contributed by atoms with van der Waals surface area (Å²) in [6.45, 7) is 2.62. The van der Waals surface area contributed by atoms with Crippen LogP contribution in [0.2, 0.25) is 0 Å². The normalized spacial score (nSPS) is 11.3. The number of aromatic nitrogens is 2. The van der Waals surface area contributed by atoms with Crippen molar-refractivity contribution in [1.29, 1.82) is 0 Å². The van der Waals surface area contributed by atoms with Gasteiger partial charge in [-0.25, -0.2) is 19.4 Å². The van der Waals surface area contributed by atoms with Crippen molar-refractivity contribution in [1.82, 2.24) is 15.3 Å². The van der Waals surface area contributed by atoms with Gasteiger partial charge in [-0.1, -0.05) is 36.4 Å². The Morgan fingerprint density at radius 1 is 1.06 bits per heavy atom. The number of benzene rings is 2. The highest BCUT2D eigenvalue weighted by Gasteiger charge is 2.15. The highest BCUT2D eigenvalue weighted by molar-refractivity contribution is 5.92. The average Bonchev–Trinajstić information content (AvgIpc) is 3.37. The highest BCUT2D eigenvalue weighted by atomic mass is 16.5. The van der Waals surface area contributed by atoms with Gasteiger partial charge in [-0.3, -0.25) is 0 Å². The molecule has 184 valence electrons. The molecule has 0 aliphatic carbocycles. The Bertz CT molecular complexity index is 1160. The summed E-state index contributed by atoms with van der Waals surface area (Å²) in [4.78, 5) is 38.8. The van der Waals surface area contributed by atoms with Crippen LogP contribution in [0, 0.1) is 0 Å². The van der Waals surface area contributed by atoms with Gasteiger partial charge in [0.15, 0.2) is 0 Å². The number of hydrogen-bond acceptors (Lipinski definition) is 7. The topological polar surface area (TPSA) is 151 Å². The van der Waals surface area contributed by atoms with Crippen LogP contribution in [0.15, 0.2) is 66.9 Å². The van der Waals surface area contributed by atoms with E-state index in [1.54, 1.807) is 12.1 Å². The van der Waals surface area contributed by atoms with Gasteiger partial charge in [-0.15, -0.1) is 0 Å². The Morgan fingerprint density at radius 3 is 2.29 bits per heavy atom. The fourth-order valence-corrected chi connectivity index (χ4v) is 2.97. The Balaban J connectivity index is 0.000000466. The van der Waals surface area contributed by atoms with Gasteiger partial charge < -0.3 is 30.0 Å². The van der Waals surface area contributed by atoms with Gasteiger partial charge in [0.1, 0.15) is 17.1 Å². The number of carboxylic acid groups (broad SMARTS) is 2. The lowest BCUT2D eigenvalue weighted by Crippen LogP contribution is -2.19. The lowest BCUT2D eigenvalue weighted by molar-refractivity contribution is -0.134. The largest absolute Gasteiger partial charge is 0.496 e. The fourth-order valence-electron chi connectivity index (χ4n) is 2.97. The molecule has 10 nitrogen and oxygen atoms in total. The van der Waals surface area contributed by atoms with Crippen molar-refractivity contribution in [3.63, 3.8) is 0 Å². The molecule has 1 atom stereocenters. The SMILES string of the molecule is COC(=O)c1cc(CN[C@@H](C)c2ncc(-c3ccccc3)[nH]2)ccc1OC.O=C(O)/C=C\C(=O)O. The molecular weight excluding hydrogens is 454 g/mol. The summed E-state index contributed by atoms with van der Waals surface area (Å²) >= 11 is 0. The number of esters is 1. The molecule has 0 aliphatic rings. The van der Waals surface area contributed by atoms with Crippen LogP contribution < -0.4 is 10.1 Å². The van der Waals surface area contributed by atoms with Crippen molar-refractivity contribution < 1.29 is 34.1 Å². The van der Waals surface area contributed by atoms with Crippen molar-refractivity contribution in [3.05, 3.63) is 83.8 Å². The van der Waals surface area contributed by atoms with Crippen LogP contribution in [0.3, 0.4) is 0 Å². The first-order chi connectivity index (χ1) is 16.7. The van der Waals surface area contributed by atoms with E-state index >= 15 is 0 Å². The maximum absolute atomic E-state index is 11.9. The van der Waals surface area contributed by atoms with E-state index in [4.69, 9.17) is 19.7 Å². The third-order valence-corrected chi connectivity index (χ3v) is 4.74. The molecule has 0 unspecified atom stereocenters. The minimum Gasteiger partial charge on any atom is -0.496 e. The first-order valence-corrected chi connectivity index (χ1v) is 10.5. The summed E-state index contributed by atoms with van der Waals surface area (Å²) in [6.07, 6.45) is 2.95. The molecule has 0 aliphatic heterocycles. The van der Waals surface area contributed by atoms with E-state index in [9.17, 15) is 14.4 Å². The average molecular weight is 482 g/mol. The lowest BCUT2D eigenvalue weighted by atomic mass is 10.1. The molecule has 0 fully saturated rings. The standard InChI is InChI=1S/C21H23N3O3.C4H4O4/c1-14(20-23-13-18(24-20)16-7-5-4-6-8-16)22-12-15-9-10-19(26-2)17(11-15)21(25)27-3;5-3(6)1-2-4(7)8/h4-11,13-14,22H,12H2,1-3H3,(H,23,24);1-2H,(H,5,6)(H,7,8)/b;2-1-/t14-;/m0./s1. The summed E-state index contributed by atoms with van der Waals surface area (Å²) < 4.78 is 10.0. The predicted molar refractivity (Wildman–Crippen MR) is 128 cm³/mol. The summed E-state index contributed by atoms with van der Waals surface area (Å²) in [5.74, 6) is -1.58. The number of nitrogens with one attached hydrogen (secondary N) is 2. The molecule has 0 saturated heterocycles. The molecule has 3 aromatic rings. The molecular formula is C25H27N3O7. The molecule has 1 heterocycles. The fraction of sp³-hybridized carbons (Fsp3) is 0.200. The predicted octanol–water partition coefficient (Wildman–Crippen LogP) is 3.43. The minimum absolute atomic E-state index is 0.0196. The number of H-pyrrole nitrogens is 1. The third kappa shape index (κ3) is 8.45. The summed E-state index contributed by atoms with van der Waals surface area (Å²) in [5.41, 5.74) is 3.45. The summed E-state index contributed by atoms with van der Waals surface area (Å²) in [5, 5.41) is 19.0. The van der Waals surface area contributed by atoms with E-state index in [2.05, 4.69) is 15.3 Å². The summed E-state index contributed by atoms with van der Waals surface area (Å²) in [7, 11) is 2.89. The van der Waals surface area contributed by atoms with Crippen molar-refractivity contribution in [2.45, 2.75) is 19.5 Å². The number of methoxy groups -OCH3 is 2. The zero-order valence-electron chi connectivity index (χ0n) is 19.5. The number of aromatic amines is 1. The molecule has 2 aromatic carbocycles. The van der Waals surface area contributed by atoms with Crippen LogP contribution in [0.5, 0.6) is 5.75 Å². The highest BCUT2D eigenvalue weighted by Crippen LogP contribution is 2.22. The van der Waals surface area contributed by atoms with Crippen molar-refractivity contribution in [2.24, 2.45) is 0 Å². The van der Waals surface area contributed by atoms with E-state index in [0.717, 1.165) is 22.6 Å². The minimum atomic E-state index is -1.26. The van der Waals surface area contributed by atoms with Crippen molar-refractivity contribution in [3.8, 4) is 17.0 Å². The number of nitrogens with zero attached hydrogens (tertiary/aromatic N) is 1. The number of ether oxygens (including phenoxy) is 2. The molecule has 0 radical (unpaired) electrons. The first kappa shape index (κ1) is 26.8. The van der Waals surface area contributed by atoms with E-state index in [1.807, 2.05) is 49.5 Å². The maximum Gasteiger partial charge on any atom is 0.341 e. The van der Waals surface area contributed by atoms with E-state index in [-0.39, 0.29) is 6.04 Å². The molecule has 0 bridgehead atoms. The van der Waals surface area contributed by atoms with Crippen LogP contribution in [0.1, 0.15) is 34.7 Å². The van der Waals surface area contributed by atoms with Gasteiger partial charge in [-0.05, 0) is 30.2 Å². The molecule has 3 rings (SSSR count). The molecule has 0 amide bonds. The van der Waals surface area contributed by atoms with E-state index in [1.165, 1.54) is 14.2 Å². The van der Waals surface area contributed by atoms with Gasteiger partial charge >= 0.3 is 17.9 Å². The zero-order valence-corrected chi connectivity index (χ0v) is 19.5. The quantitative estimate of drug-likeness (QED) is 0.266. The molecule has 0 saturated carbocycles. The second-order valence-corrected chi connectivity index (χ2v) is 7.19. The Kier molecular flexibility index (Phi) is 10.2. The van der Waals surface area contributed by atoms with Gasteiger partial charge in [-0.2, -0.15) is 0 Å². The van der Waals surface area contributed by atoms with Crippen LogP contribution in [-0.2, 0) is 20.9 Å². The molecule has 1 aromatic heterocycles. The monoisotopic (exact) mass is 481 g/mol. The Labute approximate surface area is 202 Å². The second kappa shape index (κ2) is 13.3. The molecule has 10 heteroatoms. The molecule has 35 heavy (non-hydrogen) atoms. The van der Waals surface area contributed by atoms with Gasteiger partial charge in [0, 0.05) is 18.7 Å². The zero-order chi connectivity index (χ0) is 25.8. The number of rotatable bonds is 9. The smallest absolute Gasteiger partial charge is 0.341 e. The number of carbonyl (C=O) groups is 3. The number of aliphatic carboxylic acids is 2. The summed E-state index contributed by atoms with van der Waals surface area (Å²) in [6, 6.07) is 15.6. The van der Waals surface area contributed by atoms with Crippen molar-refractivity contribution in [2.75, 3.05) is 14.2 Å². The Hall–Kier alpha value is -4.44. The second-order valence-electron chi connectivity index (χ2n) is 7.19. The number of carboxylic acids is 2. The number of imidazole rings is 1. The van der Waals surface area contributed by atoms with Crippen LogP contribution in [-0.4, -0.2) is 52.3 Å². The van der Waals surface area contributed by atoms with Crippen LogP contribution >= 0.6 is 0 Å². The third-order valence-electron chi connectivity index (χ3n) is 4.74. The van der Waals surface area contributed by atoms with Gasteiger partial charge in [0.2, 0.25) is 0 Å². The first-order valence-electron chi connectivity index (χ1n) is 10.5. The van der Waals surface area contributed by atoms with Gasteiger partial charge in [0.25, 0.3) is 0 Å². The van der Waals surface area contributed by atoms with Crippen LogP contribution in [0.25, 0.3) is 11.3 Å². The lowest BCUT2D eigenvalue weighted by Gasteiger charge is -2.13. The van der Waals surface area contributed by atoms with Gasteiger partial charge in [0.05, 0.1) is 32.2 Å². The van der Waals surface area contributed by atoms with Crippen LogP contribution in [0.4, 0.5) is 0 Å². The molecule has 0 spiro atoms. The Morgan fingerprint density at radius 2 is 1.71 bits per heavy atom. The van der Waals surface area contributed by atoms with E-state index in [0.29, 0.717) is 30.0 Å². The maximum atomic E-state index is 11.9. The number of carbonyl (C=O) groups excluding carboxylic acids is 1.